The monoisotopic (exact) mass is 394 g/mol. The van der Waals surface area contributed by atoms with Crippen LogP contribution < -0.4 is 5.32 Å². The number of rotatable bonds is 8. The standard InChI is InChI=1S/C23H30N4O2/c1-17(2)14-21(28)20-4-3-13-27(16-20)23(29)19-5-6-22(26-15-19)25-12-9-18-7-10-24-11-8-18/h5-8,10-11,15,17,20H,3-4,9,12-14,16H2,1-2H3,(H,25,26)/t20-/m0/s1. The Balaban J connectivity index is 1.52. The lowest BCUT2D eigenvalue weighted by Crippen LogP contribution is -2.42. The number of amides is 1. The zero-order chi connectivity index (χ0) is 20.6. The number of nitrogens with one attached hydrogen (secondary N) is 1. The summed E-state index contributed by atoms with van der Waals surface area (Å²) in [5.74, 6) is 1.32. The first-order valence-corrected chi connectivity index (χ1v) is 10.4. The molecule has 0 aliphatic carbocycles. The van der Waals surface area contributed by atoms with Crippen LogP contribution in [0, 0.1) is 11.8 Å². The molecule has 3 heterocycles. The number of carbonyl (C=O) groups is 2. The maximum absolute atomic E-state index is 12.8. The van der Waals surface area contributed by atoms with Crippen molar-refractivity contribution in [1.29, 1.82) is 0 Å². The van der Waals surface area contributed by atoms with Crippen molar-refractivity contribution in [3.63, 3.8) is 0 Å². The molecule has 154 valence electrons. The Kier molecular flexibility index (Phi) is 7.33. The summed E-state index contributed by atoms with van der Waals surface area (Å²) >= 11 is 0. The number of pyridine rings is 2. The van der Waals surface area contributed by atoms with Crippen LogP contribution in [-0.2, 0) is 11.2 Å². The van der Waals surface area contributed by atoms with Gasteiger partial charge in [-0.15, -0.1) is 0 Å². The molecule has 3 rings (SSSR count). The first kappa shape index (κ1) is 21.0. The molecular formula is C23H30N4O2. The van der Waals surface area contributed by atoms with Crippen LogP contribution in [0.5, 0.6) is 0 Å². The Morgan fingerprint density at radius 1 is 1.21 bits per heavy atom. The number of hydrogen-bond acceptors (Lipinski definition) is 5. The maximum atomic E-state index is 12.8. The number of likely N-dealkylation sites (tertiary alicyclic amines) is 1. The lowest BCUT2D eigenvalue weighted by atomic mass is 9.89. The highest BCUT2D eigenvalue weighted by molar-refractivity contribution is 5.94. The van der Waals surface area contributed by atoms with Gasteiger partial charge in [-0.05, 0) is 55.0 Å². The molecule has 1 saturated heterocycles. The van der Waals surface area contributed by atoms with Crippen molar-refractivity contribution in [3.8, 4) is 0 Å². The number of Topliss-reactive ketones (excluding diaryl/α,β-unsaturated/α-hetero) is 1. The predicted octanol–water partition coefficient (Wildman–Crippen LogP) is 3.60. The second-order valence-electron chi connectivity index (χ2n) is 8.12. The second-order valence-corrected chi connectivity index (χ2v) is 8.12. The molecule has 0 bridgehead atoms. The number of hydrogen-bond donors (Lipinski definition) is 1. The first-order chi connectivity index (χ1) is 14.0. The van der Waals surface area contributed by atoms with Crippen LogP contribution in [0.1, 0.15) is 49.0 Å². The summed E-state index contributed by atoms with van der Waals surface area (Å²) in [6.45, 7) is 6.10. The highest BCUT2D eigenvalue weighted by atomic mass is 16.2. The molecule has 0 unspecified atom stereocenters. The van der Waals surface area contributed by atoms with E-state index < -0.39 is 0 Å². The van der Waals surface area contributed by atoms with Crippen LogP contribution in [0.25, 0.3) is 0 Å². The van der Waals surface area contributed by atoms with E-state index in [4.69, 9.17) is 0 Å². The summed E-state index contributed by atoms with van der Waals surface area (Å²) in [4.78, 5) is 35.4. The molecule has 2 aromatic heterocycles. The van der Waals surface area contributed by atoms with E-state index in [0.29, 0.717) is 31.0 Å². The molecule has 1 N–H and O–H groups in total. The Morgan fingerprint density at radius 3 is 2.69 bits per heavy atom. The van der Waals surface area contributed by atoms with Crippen molar-refractivity contribution >= 4 is 17.5 Å². The third kappa shape index (κ3) is 6.11. The molecule has 6 nitrogen and oxygen atoms in total. The third-order valence-corrected chi connectivity index (χ3v) is 5.25. The van der Waals surface area contributed by atoms with Crippen LogP contribution in [0.2, 0.25) is 0 Å². The number of anilines is 1. The number of ketones is 1. The summed E-state index contributed by atoms with van der Waals surface area (Å²) in [6, 6.07) is 7.64. The zero-order valence-electron chi connectivity index (χ0n) is 17.3. The van der Waals surface area contributed by atoms with Crippen LogP contribution in [0.15, 0.2) is 42.9 Å². The highest BCUT2D eigenvalue weighted by Gasteiger charge is 2.29. The van der Waals surface area contributed by atoms with Gasteiger partial charge in [0, 0.05) is 50.6 Å². The average molecular weight is 395 g/mol. The number of nitrogens with zero attached hydrogens (tertiary/aromatic N) is 3. The molecule has 6 heteroatoms. The minimum absolute atomic E-state index is 0.0304. The van der Waals surface area contributed by atoms with Gasteiger partial charge in [-0.3, -0.25) is 14.6 Å². The number of carbonyl (C=O) groups excluding carboxylic acids is 2. The summed E-state index contributed by atoms with van der Waals surface area (Å²) in [7, 11) is 0. The van der Waals surface area contributed by atoms with E-state index in [9.17, 15) is 9.59 Å². The molecule has 1 aliphatic heterocycles. The number of aromatic nitrogens is 2. The quantitative estimate of drug-likeness (QED) is 0.740. The minimum atomic E-state index is -0.0390. The van der Waals surface area contributed by atoms with E-state index >= 15 is 0 Å². The van der Waals surface area contributed by atoms with E-state index in [1.54, 1.807) is 23.5 Å². The Bertz CT molecular complexity index is 805. The highest BCUT2D eigenvalue weighted by Crippen LogP contribution is 2.22. The largest absolute Gasteiger partial charge is 0.370 e. The number of piperidine rings is 1. The fourth-order valence-corrected chi connectivity index (χ4v) is 3.69. The normalized spacial score (nSPS) is 16.7. The van der Waals surface area contributed by atoms with Gasteiger partial charge in [-0.1, -0.05) is 13.8 Å². The van der Waals surface area contributed by atoms with Gasteiger partial charge in [-0.2, -0.15) is 0 Å². The summed E-state index contributed by atoms with van der Waals surface area (Å²) < 4.78 is 0. The predicted molar refractivity (Wildman–Crippen MR) is 114 cm³/mol. The van der Waals surface area contributed by atoms with Crippen molar-refractivity contribution in [2.45, 2.75) is 39.5 Å². The maximum Gasteiger partial charge on any atom is 0.255 e. The van der Waals surface area contributed by atoms with Gasteiger partial charge in [0.1, 0.15) is 11.6 Å². The van der Waals surface area contributed by atoms with Crippen molar-refractivity contribution in [1.82, 2.24) is 14.9 Å². The molecule has 0 spiro atoms. The van der Waals surface area contributed by atoms with Gasteiger partial charge in [0.25, 0.3) is 5.91 Å². The van der Waals surface area contributed by atoms with Crippen molar-refractivity contribution in [3.05, 3.63) is 54.0 Å². The smallest absolute Gasteiger partial charge is 0.255 e. The van der Waals surface area contributed by atoms with Crippen molar-refractivity contribution < 1.29 is 9.59 Å². The average Bonchev–Trinajstić information content (AvgIpc) is 2.74. The van der Waals surface area contributed by atoms with E-state index in [1.807, 2.05) is 24.3 Å². The molecule has 1 aliphatic rings. The summed E-state index contributed by atoms with van der Waals surface area (Å²) in [5, 5.41) is 3.28. The molecular weight excluding hydrogens is 364 g/mol. The van der Waals surface area contributed by atoms with Gasteiger partial charge in [0.2, 0.25) is 0 Å². The first-order valence-electron chi connectivity index (χ1n) is 10.4. The Hall–Kier alpha value is -2.76. The minimum Gasteiger partial charge on any atom is -0.370 e. The van der Waals surface area contributed by atoms with Crippen LogP contribution in [0.4, 0.5) is 5.82 Å². The lowest BCUT2D eigenvalue weighted by molar-refractivity contribution is -0.124. The van der Waals surface area contributed by atoms with Crippen LogP contribution in [0.3, 0.4) is 0 Å². The van der Waals surface area contributed by atoms with Gasteiger partial charge in [0.05, 0.1) is 5.56 Å². The fourth-order valence-electron chi connectivity index (χ4n) is 3.69. The Labute approximate surface area is 172 Å². The van der Waals surface area contributed by atoms with Crippen molar-refractivity contribution in [2.75, 3.05) is 25.0 Å². The van der Waals surface area contributed by atoms with Crippen LogP contribution >= 0.6 is 0 Å². The SMILES string of the molecule is CC(C)CC(=O)[C@H]1CCCN(C(=O)c2ccc(NCCc3ccncc3)nc2)C1. The van der Waals surface area contributed by atoms with E-state index in [-0.39, 0.29) is 17.6 Å². The second kappa shape index (κ2) is 10.1. The van der Waals surface area contributed by atoms with E-state index in [2.05, 4.69) is 29.1 Å². The molecule has 1 atom stereocenters. The van der Waals surface area contributed by atoms with Crippen molar-refractivity contribution in [2.24, 2.45) is 11.8 Å². The van der Waals surface area contributed by atoms with Crippen LogP contribution in [-0.4, -0.2) is 46.2 Å². The Morgan fingerprint density at radius 2 is 2.00 bits per heavy atom. The molecule has 0 radical (unpaired) electrons. The summed E-state index contributed by atoms with van der Waals surface area (Å²) in [5.41, 5.74) is 1.78. The molecule has 2 aromatic rings. The van der Waals surface area contributed by atoms with E-state index in [1.165, 1.54) is 5.56 Å². The molecule has 0 aromatic carbocycles. The lowest BCUT2D eigenvalue weighted by Gasteiger charge is -2.32. The van der Waals surface area contributed by atoms with Gasteiger partial charge >= 0.3 is 0 Å². The van der Waals surface area contributed by atoms with E-state index in [0.717, 1.165) is 31.6 Å². The molecule has 1 amide bonds. The van der Waals surface area contributed by atoms with Gasteiger partial charge in [0.15, 0.2) is 0 Å². The molecule has 1 fully saturated rings. The molecule has 29 heavy (non-hydrogen) atoms. The molecule has 0 saturated carbocycles. The fraction of sp³-hybridized carbons (Fsp3) is 0.478. The summed E-state index contributed by atoms with van der Waals surface area (Å²) in [6.07, 6.45) is 8.43. The van der Waals surface area contributed by atoms with Gasteiger partial charge < -0.3 is 10.2 Å². The van der Waals surface area contributed by atoms with Gasteiger partial charge in [-0.25, -0.2) is 4.98 Å². The zero-order valence-corrected chi connectivity index (χ0v) is 17.3. The third-order valence-electron chi connectivity index (χ3n) is 5.25. The topological polar surface area (TPSA) is 75.2 Å².